The van der Waals surface area contributed by atoms with Crippen molar-refractivity contribution < 1.29 is 4.79 Å². The topological polar surface area (TPSA) is 98.7 Å². The third kappa shape index (κ3) is 2.57. The molecule has 2 rings (SSSR count). The van der Waals surface area contributed by atoms with Gasteiger partial charge in [0.2, 0.25) is 0 Å². The van der Waals surface area contributed by atoms with Gasteiger partial charge in [-0.25, -0.2) is 9.97 Å². The largest absolute Gasteiger partial charge is 0.382 e. The van der Waals surface area contributed by atoms with Crippen molar-refractivity contribution in [1.29, 1.82) is 0 Å². The maximum absolute atomic E-state index is 11.7. The maximum atomic E-state index is 11.7. The predicted octanol–water partition coefficient (Wildman–Crippen LogP) is -0.278. The fraction of sp³-hybridized carbons (Fsp3) is 0.200. The first-order valence-electron chi connectivity index (χ1n) is 4.99. The lowest BCUT2D eigenvalue weighted by atomic mass is 10.3. The minimum Gasteiger partial charge on any atom is -0.382 e. The molecule has 0 aliphatic rings. The van der Waals surface area contributed by atoms with Crippen LogP contribution in [0.2, 0.25) is 0 Å². The first-order valence-corrected chi connectivity index (χ1v) is 4.99. The number of rotatable bonds is 3. The van der Waals surface area contributed by atoms with E-state index in [2.05, 4.69) is 20.4 Å². The van der Waals surface area contributed by atoms with Gasteiger partial charge in [0.25, 0.3) is 5.91 Å². The Bertz CT molecular complexity index is 535. The van der Waals surface area contributed by atoms with Crippen LogP contribution in [-0.2, 0) is 13.6 Å². The molecule has 0 radical (unpaired) electrons. The Hall–Kier alpha value is -2.44. The number of aryl methyl sites for hydroxylation is 1. The summed E-state index contributed by atoms with van der Waals surface area (Å²) in [6.07, 6.45) is 6.36. The Morgan fingerprint density at radius 3 is 2.88 bits per heavy atom. The quantitative estimate of drug-likeness (QED) is 0.758. The minimum absolute atomic E-state index is 0.121. The number of carbonyl (C=O) groups excluding carboxylic acids is 1. The second-order valence-corrected chi connectivity index (χ2v) is 3.50. The average molecular weight is 232 g/mol. The summed E-state index contributed by atoms with van der Waals surface area (Å²) in [4.78, 5) is 19.4. The number of hydrogen-bond acceptors (Lipinski definition) is 5. The average Bonchev–Trinajstić information content (AvgIpc) is 2.73. The van der Waals surface area contributed by atoms with Crippen LogP contribution in [0.15, 0.2) is 24.8 Å². The molecule has 88 valence electrons. The third-order valence-corrected chi connectivity index (χ3v) is 2.15. The SMILES string of the molecule is Cn1cc(CNC(=O)c2nccnc2N)cn1. The van der Waals surface area contributed by atoms with Crippen molar-refractivity contribution in [2.24, 2.45) is 7.05 Å². The number of aromatic nitrogens is 4. The van der Waals surface area contributed by atoms with Gasteiger partial charge in [0.05, 0.1) is 6.20 Å². The van der Waals surface area contributed by atoms with Gasteiger partial charge in [0.1, 0.15) is 0 Å². The van der Waals surface area contributed by atoms with Crippen LogP contribution in [0.3, 0.4) is 0 Å². The Morgan fingerprint density at radius 1 is 1.47 bits per heavy atom. The van der Waals surface area contributed by atoms with Crippen LogP contribution in [0.5, 0.6) is 0 Å². The number of nitrogens with two attached hydrogens (primary N) is 1. The van der Waals surface area contributed by atoms with E-state index in [9.17, 15) is 4.79 Å². The zero-order valence-electron chi connectivity index (χ0n) is 9.29. The first-order chi connectivity index (χ1) is 8.16. The second kappa shape index (κ2) is 4.60. The standard InChI is InChI=1S/C10H12N6O/c1-16-6-7(5-15-16)4-14-10(17)8-9(11)13-3-2-12-8/h2-3,5-6H,4H2,1H3,(H2,11,13)(H,14,17). The van der Waals surface area contributed by atoms with E-state index >= 15 is 0 Å². The van der Waals surface area contributed by atoms with E-state index in [1.165, 1.54) is 12.4 Å². The molecule has 0 unspecified atom stereocenters. The molecule has 2 aromatic heterocycles. The molecule has 0 aliphatic carbocycles. The van der Waals surface area contributed by atoms with Gasteiger partial charge in [-0.3, -0.25) is 9.48 Å². The van der Waals surface area contributed by atoms with Crippen LogP contribution in [-0.4, -0.2) is 25.7 Å². The number of nitrogens with one attached hydrogen (secondary N) is 1. The summed E-state index contributed by atoms with van der Waals surface area (Å²) in [5.74, 6) is -0.226. The van der Waals surface area contributed by atoms with Gasteiger partial charge in [-0.2, -0.15) is 5.10 Å². The molecule has 0 aliphatic heterocycles. The van der Waals surface area contributed by atoms with E-state index in [0.717, 1.165) is 5.56 Å². The first kappa shape index (κ1) is 11.1. The lowest BCUT2D eigenvalue weighted by Gasteiger charge is -2.04. The van der Waals surface area contributed by atoms with Gasteiger partial charge in [-0.1, -0.05) is 0 Å². The van der Waals surface area contributed by atoms with E-state index in [1.807, 2.05) is 13.2 Å². The van der Waals surface area contributed by atoms with E-state index < -0.39 is 0 Å². The van der Waals surface area contributed by atoms with Gasteiger partial charge in [-0.05, 0) is 0 Å². The molecule has 1 amide bonds. The number of anilines is 1. The molecule has 0 atom stereocenters. The van der Waals surface area contributed by atoms with Crippen LogP contribution in [0.1, 0.15) is 16.1 Å². The molecule has 0 saturated carbocycles. The zero-order valence-corrected chi connectivity index (χ0v) is 9.29. The molecular weight excluding hydrogens is 220 g/mol. The summed E-state index contributed by atoms with van der Waals surface area (Å²) in [7, 11) is 1.81. The van der Waals surface area contributed by atoms with Crippen molar-refractivity contribution in [3.63, 3.8) is 0 Å². The Balaban J connectivity index is 2.01. The Morgan fingerprint density at radius 2 is 2.24 bits per heavy atom. The molecule has 0 aromatic carbocycles. The van der Waals surface area contributed by atoms with E-state index in [0.29, 0.717) is 6.54 Å². The van der Waals surface area contributed by atoms with Gasteiger partial charge < -0.3 is 11.1 Å². The number of nitrogens with zero attached hydrogens (tertiary/aromatic N) is 4. The number of amides is 1. The molecular formula is C10H12N6O. The maximum Gasteiger partial charge on any atom is 0.273 e. The molecule has 0 fully saturated rings. The molecule has 7 nitrogen and oxygen atoms in total. The van der Waals surface area contributed by atoms with Crippen molar-refractivity contribution in [3.05, 3.63) is 36.0 Å². The van der Waals surface area contributed by atoms with Gasteiger partial charge in [-0.15, -0.1) is 0 Å². The molecule has 2 heterocycles. The summed E-state index contributed by atoms with van der Waals surface area (Å²) in [5, 5.41) is 6.69. The summed E-state index contributed by atoms with van der Waals surface area (Å²) in [5.41, 5.74) is 6.59. The predicted molar refractivity (Wildman–Crippen MR) is 60.8 cm³/mol. The van der Waals surface area contributed by atoms with E-state index in [-0.39, 0.29) is 17.4 Å². The molecule has 17 heavy (non-hydrogen) atoms. The van der Waals surface area contributed by atoms with Crippen molar-refractivity contribution in [1.82, 2.24) is 25.1 Å². The number of carbonyl (C=O) groups is 1. The van der Waals surface area contributed by atoms with Crippen LogP contribution in [0, 0.1) is 0 Å². The smallest absolute Gasteiger partial charge is 0.273 e. The highest BCUT2D eigenvalue weighted by molar-refractivity contribution is 5.96. The van der Waals surface area contributed by atoms with Crippen LogP contribution >= 0.6 is 0 Å². The summed E-state index contributed by atoms with van der Waals surface area (Å²) < 4.78 is 1.66. The zero-order chi connectivity index (χ0) is 12.3. The lowest BCUT2D eigenvalue weighted by Crippen LogP contribution is -2.25. The second-order valence-electron chi connectivity index (χ2n) is 3.50. The third-order valence-electron chi connectivity index (χ3n) is 2.15. The van der Waals surface area contributed by atoms with E-state index in [4.69, 9.17) is 5.73 Å². The lowest BCUT2D eigenvalue weighted by molar-refractivity contribution is 0.0946. The van der Waals surface area contributed by atoms with Crippen molar-refractivity contribution >= 4 is 11.7 Å². The van der Waals surface area contributed by atoms with Gasteiger partial charge >= 0.3 is 0 Å². The fourth-order valence-electron chi connectivity index (χ4n) is 1.35. The van der Waals surface area contributed by atoms with Crippen LogP contribution in [0.4, 0.5) is 5.82 Å². The molecule has 0 saturated heterocycles. The normalized spacial score (nSPS) is 10.2. The Kier molecular flexibility index (Phi) is 2.99. The van der Waals surface area contributed by atoms with Crippen LogP contribution in [0.25, 0.3) is 0 Å². The molecule has 7 heteroatoms. The summed E-state index contributed by atoms with van der Waals surface area (Å²) >= 11 is 0. The summed E-state index contributed by atoms with van der Waals surface area (Å²) in [6.45, 7) is 0.378. The van der Waals surface area contributed by atoms with Crippen LogP contribution < -0.4 is 11.1 Å². The fourth-order valence-corrected chi connectivity index (χ4v) is 1.35. The van der Waals surface area contributed by atoms with E-state index in [1.54, 1.807) is 10.9 Å². The Labute approximate surface area is 97.7 Å². The highest BCUT2D eigenvalue weighted by Crippen LogP contribution is 2.03. The molecule has 2 aromatic rings. The highest BCUT2D eigenvalue weighted by Gasteiger charge is 2.11. The van der Waals surface area contributed by atoms with Crippen molar-refractivity contribution in [2.75, 3.05) is 5.73 Å². The van der Waals surface area contributed by atoms with Gasteiger partial charge in [0.15, 0.2) is 11.5 Å². The monoisotopic (exact) mass is 232 g/mol. The molecule has 0 bridgehead atoms. The summed E-state index contributed by atoms with van der Waals surface area (Å²) in [6, 6.07) is 0. The minimum atomic E-state index is -0.348. The molecule has 0 spiro atoms. The van der Waals surface area contributed by atoms with Gasteiger partial charge in [0, 0.05) is 37.7 Å². The number of nitrogen functional groups attached to an aromatic ring is 1. The number of hydrogen-bond donors (Lipinski definition) is 2. The van der Waals surface area contributed by atoms with Crippen molar-refractivity contribution in [2.45, 2.75) is 6.54 Å². The highest BCUT2D eigenvalue weighted by atomic mass is 16.1. The molecule has 3 N–H and O–H groups in total. The van der Waals surface area contributed by atoms with Crippen molar-refractivity contribution in [3.8, 4) is 0 Å².